The molecule has 0 radical (unpaired) electrons. The van der Waals surface area contributed by atoms with E-state index in [0.717, 1.165) is 17.1 Å². The fourth-order valence-electron chi connectivity index (χ4n) is 1.53. The van der Waals surface area contributed by atoms with Crippen LogP contribution in [0.15, 0.2) is 29.4 Å². The molecule has 0 saturated heterocycles. The van der Waals surface area contributed by atoms with E-state index in [9.17, 15) is 0 Å². The number of anilines is 1. The van der Waals surface area contributed by atoms with Gasteiger partial charge in [-0.05, 0) is 26.0 Å². The topological polar surface area (TPSA) is 76.2 Å². The fraction of sp³-hybridized carbons (Fsp3) is 0.308. The van der Waals surface area contributed by atoms with Gasteiger partial charge >= 0.3 is 0 Å². The van der Waals surface area contributed by atoms with Crippen LogP contribution in [-0.2, 0) is 6.42 Å². The number of nitrogens with one attached hydrogen (secondary N) is 1. The number of nitrogens with two attached hydrogens (primary N) is 1. The summed E-state index contributed by atoms with van der Waals surface area (Å²) in [7, 11) is 0. The first-order valence-electron chi connectivity index (χ1n) is 6.06. The lowest BCUT2D eigenvalue weighted by atomic mass is 10.4. The van der Waals surface area contributed by atoms with Gasteiger partial charge in [0.25, 0.3) is 0 Å². The minimum Gasteiger partial charge on any atom is -0.370 e. The van der Waals surface area contributed by atoms with Crippen molar-refractivity contribution in [3.8, 4) is 0 Å². The smallest absolute Gasteiger partial charge is 0.194 e. The first kappa shape index (κ1) is 16.8. The third-order valence-corrected chi connectivity index (χ3v) is 3.73. The highest BCUT2D eigenvalue weighted by atomic mass is 127. The van der Waals surface area contributed by atoms with Gasteiger partial charge in [0.1, 0.15) is 5.82 Å². The Morgan fingerprint density at radius 3 is 2.80 bits per heavy atom. The average Bonchev–Trinajstić information content (AvgIpc) is 2.70. The van der Waals surface area contributed by atoms with Crippen molar-refractivity contribution < 1.29 is 0 Å². The van der Waals surface area contributed by atoms with Crippen molar-refractivity contribution in [2.45, 2.75) is 20.3 Å². The van der Waals surface area contributed by atoms with Gasteiger partial charge in [0.2, 0.25) is 0 Å². The molecule has 0 aliphatic rings. The Morgan fingerprint density at radius 1 is 1.40 bits per heavy atom. The maximum absolute atomic E-state index is 5.79. The number of guanidine groups is 1. The first-order chi connectivity index (χ1) is 9.15. The van der Waals surface area contributed by atoms with Crippen LogP contribution in [0.5, 0.6) is 0 Å². The Balaban J connectivity index is 0.00000200. The molecule has 3 N–H and O–H groups in total. The van der Waals surface area contributed by atoms with Crippen LogP contribution in [0.1, 0.15) is 15.6 Å². The van der Waals surface area contributed by atoms with E-state index in [-0.39, 0.29) is 24.0 Å². The number of halogens is 1. The molecular weight excluding hydrogens is 385 g/mol. The monoisotopic (exact) mass is 403 g/mol. The number of aliphatic imine (C=N–C) groups is 1. The van der Waals surface area contributed by atoms with E-state index in [0.29, 0.717) is 18.3 Å². The molecule has 2 rings (SSSR count). The highest BCUT2D eigenvalue weighted by Gasteiger charge is 2.02. The van der Waals surface area contributed by atoms with Gasteiger partial charge in [-0.15, -0.1) is 35.3 Å². The summed E-state index contributed by atoms with van der Waals surface area (Å²) in [4.78, 5) is 14.1. The van der Waals surface area contributed by atoms with Crippen molar-refractivity contribution in [1.82, 2.24) is 9.97 Å². The summed E-state index contributed by atoms with van der Waals surface area (Å²) in [6.07, 6.45) is 2.51. The van der Waals surface area contributed by atoms with Crippen LogP contribution in [0.4, 0.5) is 5.82 Å². The highest BCUT2D eigenvalue weighted by Crippen LogP contribution is 2.16. The van der Waals surface area contributed by atoms with Gasteiger partial charge < -0.3 is 11.1 Å². The van der Waals surface area contributed by atoms with Crippen LogP contribution in [0.25, 0.3) is 0 Å². The van der Waals surface area contributed by atoms with Crippen molar-refractivity contribution in [1.29, 1.82) is 0 Å². The third kappa shape index (κ3) is 5.04. The molecule has 0 atom stereocenters. The van der Waals surface area contributed by atoms with E-state index in [4.69, 9.17) is 5.73 Å². The zero-order valence-corrected chi connectivity index (χ0v) is 14.6. The SMILES string of the molecule is Cc1nc(CCN=C(N)Nc2ccccn2)sc1C.I. The fourth-order valence-corrected chi connectivity index (χ4v) is 2.45. The maximum atomic E-state index is 5.79. The second-order valence-corrected chi connectivity index (χ2v) is 5.39. The van der Waals surface area contributed by atoms with Crippen LogP contribution in [0.2, 0.25) is 0 Å². The van der Waals surface area contributed by atoms with Crippen LogP contribution in [-0.4, -0.2) is 22.5 Å². The number of aromatic nitrogens is 2. The minimum atomic E-state index is 0. The molecule has 0 aliphatic heterocycles. The van der Waals surface area contributed by atoms with Crippen molar-refractivity contribution >= 4 is 47.1 Å². The summed E-state index contributed by atoms with van der Waals surface area (Å²) in [5.74, 6) is 1.08. The van der Waals surface area contributed by atoms with E-state index < -0.39 is 0 Å². The molecule has 0 spiro atoms. The summed E-state index contributed by atoms with van der Waals surface area (Å²) in [6.45, 7) is 4.73. The molecule has 0 amide bonds. The molecule has 2 aromatic heterocycles. The lowest BCUT2D eigenvalue weighted by molar-refractivity contribution is 0.941. The summed E-state index contributed by atoms with van der Waals surface area (Å²) in [5, 5.41) is 4.05. The van der Waals surface area contributed by atoms with E-state index in [1.54, 1.807) is 17.5 Å². The Hall–Kier alpha value is -1.22. The number of hydrogen-bond donors (Lipinski definition) is 2. The zero-order chi connectivity index (χ0) is 13.7. The molecule has 2 heterocycles. The molecule has 0 aliphatic carbocycles. The molecule has 0 bridgehead atoms. The second kappa shape index (κ2) is 8.15. The Bertz CT molecular complexity index is 548. The second-order valence-electron chi connectivity index (χ2n) is 4.11. The number of pyridine rings is 1. The lowest BCUT2D eigenvalue weighted by Gasteiger charge is -2.03. The molecule has 7 heteroatoms. The van der Waals surface area contributed by atoms with Crippen LogP contribution in [0, 0.1) is 13.8 Å². The number of aryl methyl sites for hydroxylation is 2. The van der Waals surface area contributed by atoms with Crippen molar-refractivity contribution in [2.24, 2.45) is 10.7 Å². The van der Waals surface area contributed by atoms with Gasteiger partial charge in [-0.2, -0.15) is 0 Å². The standard InChI is InChI=1S/C13H17N5S.HI/c1-9-10(2)19-12(17-9)6-8-16-13(14)18-11-5-3-4-7-15-11;/h3-5,7H,6,8H2,1-2H3,(H3,14,15,16,18);1H. The third-order valence-electron chi connectivity index (χ3n) is 2.60. The van der Waals surface area contributed by atoms with Gasteiger partial charge in [-0.3, -0.25) is 4.99 Å². The largest absolute Gasteiger partial charge is 0.370 e. The number of hydrogen-bond acceptors (Lipinski definition) is 4. The molecule has 108 valence electrons. The van der Waals surface area contributed by atoms with Gasteiger partial charge in [0.15, 0.2) is 5.96 Å². The number of thiazole rings is 1. The lowest BCUT2D eigenvalue weighted by Crippen LogP contribution is -2.23. The van der Waals surface area contributed by atoms with Crippen molar-refractivity contribution in [3.05, 3.63) is 40.0 Å². The molecule has 2 aromatic rings. The quantitative estimate of drug-likeness (QED) is 0.468. The number of nitrogens with zero attached hydrogens (tertiary/aromatic N) is 3. The maximum Gasteiger partial charge on any atom is 0.194 e. The van der Waals surface area contributed by atoms with Crippen molar-refractivity contribution in [2.75, 3.05) is 11.9 Å². The predicted molar refractivity (Wildman–Crippen MR) is 95.1 cm³/mol. The van der Waals surface area contributed by atoms with E-state index in [1.807, 2.05) is 25.1 Å². The molecule has 5 nitrogen and oxygen atoms in total. The van der Waals surface area contributed by atoms with Crippen LogP contribution in [0.3, 0.4) is 0 Å². The van der Waals surface area contributed by atoms with Crippen LogP contribution < -0.4 is 11.1 Å². The predicted octanol–water partition coefficient (Wildman–Crippen LogP) is 2.74. The normalized spacial score (nSPS) is 11.0. The van der Waals surface area contributed by atoms with Crippen LogP contribution >= 0.6 is 35.3 Å². The Morgan fingerprint density at radius 2 is 2.20 bits per heavy atom. The molecule has 20 heavy (non-hydrogen) atoms. The molecule has 0 aromatic carbocycles. The summed E-state index contributed by atoms with van der Waals surface area (Å²) >= 11 is 1.72. The van der Waals surface area contributed by atoms with Gasteiger partial charge in [0, 0.05) is 24.0 Å². The van der Waals surface area contributed by atoms with E-state index in [2.05, 4.69) is 27.2 Å². The van der Waals surface area contributed by atoms with E-state index >= 15 is 0 Å². The van der Waals surface area contributed by atoms with E-state index in [1.165, 1.54) is 4.88 Å². The summed E-state index contributed by atoms with van der Waals surface area (Å²) in [6, 6.07) is 5.59. The summed E-state index contributed by atoms with van der Waals surface area (Å²) in [5.41, 5.74) is 6.89. The molecule has 0 saturated carbocycles. The van der Waals surface area contributed by atoms with Crippen molar-refractivity contribution in [3.63, 3.8) is 0 Å². The van der Waals surface area contributed by atoms with Gasteiger partial charge in [-0.1, -0.05) is 6.07 Å². The zero-order valence-electron chi connectivity index (χ0n) is 11.5. The number of rotatable bonds is 4. The summed E-state index contributed by atoms with van der Waals surface area (Å²) < 4.78 is 0. The molecule has 0 unspecified atom stereocenters. The van der Waals surface area contributed by atoms with Gasteiger partial charge in [0.05, 0.1) is 10.7 Å². The molecule has 0 fully saturated rings. The Kier molecular flexibility index (Phi) is 6.86. The average molecular weight is 403 g/mol. The van der Waals surface area contributed by atoms with Gasteiger partial charge in [-0.25, -0.2) is 9.97 Å². The Labute approximate surface area is 139 Å². The minimum absolute atomic E-state index is 0. The first-order valence-corrected chi connectivity index (χ1v) is 6.87. The highest BCUT2D eigenvalue weighted by molar-refractivity contribution is 14.0. The molecular formula is C13H18IN5S.